The molecule has 3 heteroatoms. The molecule has 0 aliphatic carbocycles. The van der Waals surface area contributed by atoms with Gasteiger partial charge in [0, 0.05) is 20.0 Å². The minimum Gasteiger partial charge on any atom is -0.439 e. The van der Waals surface area contributed by atoms with Crippen molar-refractivity contribution in [2.75, 3.05) is 18.0 Å². The third-order valence-corrected chi connectivity index (χ3v) is 3.20. The minimum absolute atomic E-state index is 0.749. The maximum absolute atomic E-state index is 5.70. The number of oxazole rings is 1. The van der Waals surface area contributed by atoms with Crippen LogP contribution in [0.15, 0.2) is 22.6 Å². The molecular weight excluding hydrogens is 200 g/mol. The first-order chi connectivity index (χ1) is 7.84. The normalized spacial score (nSPS) is 16.9. The number of benzene rings is 1. The van der Waals surface area contributed by atoms with E-state index in [2.05, 4.69) is 22.0 Å². The fourth-order valence-electron chi connectivity index (χ4n) is 2.43. The zero-order valence-corrected chi connectivity index (χ0v) is 9.57. The van der Waals surface area contributed by atoms with Gasteiger partial charge in [0.2, 0.25) is 0 Å². The summed E-state index contributed by atoms with van der Waals surface area (Å²) in [5.41, 5.74) is 3.13. The first kappa shape index (κ1) is 9.70. The molecule has 2 heterocycles. The Morgan fingerprint density at radius 3 is 2.81 bits per heavy atom. The number of fused-ring (bicyclic) bond motifs is 1. The first-order valence-corrected chi connectivity index (χ1v) is 5.96. The van der Waals surface area contributed by atoms with Gasteiger partial charge in [-0.25, -0.2) is 4.98 Å². The van der Waals surface area contributed by atoms with E-state index in [1.807, 2.05) is 13.0 Å². The van der Waals surface area contributed by atoms with Gasteiger partial charge in [-0.1, -0.05) is 6.07 Å². The van der Waals surface area contributed by atoms with Crippen LogP contribution in [-0.2, 0) is 0 Å². The van der Waals surface area contributed by atoms with Crippen LogP contribution in [0.2, 0.25) is 0 Å². The summed E-state index contributed by atoms with van der Waals surface area (Å²) in [6, 6.07) is 6.21. The number of rotatable bonds is 1. The molecule has 0 amide bonds. The van der Waals surface area contributed by atoms with E-state index < -0.39 is 0 Å². The molecule has 1 aliphatic rings. The fourth-order valence-corrected chi connectivity index (χ4v) is 2.43. The second-order valence-electron chi connectivity index (χ2n) is 4.41. The van der Waals surface area contributed by atoms with Gasteiger partial charge in [0.1, 0.15) is 5.52 Å². The van der Waals surface area contributed by atoms with E-state index in [-0.39, 0.29) is 0 Å². The average Bonchev–Trinajstić information content (AvgIpc) is 2.70. The van der Waals surface area contributed by atoms with Gasteiger partial charge in [0.05, 0.1) is 5.69 Å². The van der Waals surface area contributed by atoms with Crippen molar-refractivity contribution in [1.82, 2.24) is 4.98 Å². The van der Waals surface area contributed by atoms with Crippen molar-refractivity contribution < 1.29 is 4.42 Å². The number of nitrogens with zero attached hydrogens (tertiary/aromatic N) is 2. The van der Waals surface area contributed by atoms with Gasteiger partial charge in [0.15, 0.2) is 11.5 Å². The number of hydrogen-bond donors (Lipinski definition) is 0. The number of aryl methyl sites for hydroxylation is 1. The molecule has 0 atom stereocenters. The minimum atomic E-state index is 0.749. The maximum atomic E-state index is 5.70. The Morgan fingerprint density at radius 1 is 1.19 bits per heavy atom. The largest absolute Gasteiger partial charge is 0.439 e. The molecule has 1 fully saturated rings. The molecule has 16 heavy (non-hydrogen) atoms. The molecule has 0 bridgehead atoms. The Kier molecular flexibility index (Phi) is 2.31. The predicted molar refractivity (Wildman–Crippen MR) is 64.8 cm³/mol. The molecule has 0 N–H and O–H groups in total. The molecule has 0 unspecified atom stereocenters. The summed E-state index contributed by atoms with van der Waals surface area (Å²) < 4.78 is 5.70. The summed E-state index contributed by atoms with van der Waals surface area (Å²) in [5.74, 6) is 0.749. The first-order valence-electron chi connectivity index (χ1n) is 5.96. The lowest BCUT2D eigenvalue weighted by Gasteiger charge is -2.28. The molecule has 0 spiro atoms. The zero-order chi connectivity index (χ0) is 11.0. The highest BCUT2D eigenvalue weighted by atomic mass is 16.3. The second-order valence-corrected chi connectivity index (χ2v) is 4.41. The standard InChI is InChI=1S/C13H16N2O/c1-10-14-11-6-5-7-12(13(11)16-10)15-8-3-2-4-9-15/h5-7H,2-4,8-9H2,1H3. The van der Waals surface area contributed by atoms with Crippen molar-refractivity contribution in [1.29, 1.82) is 0 Å². The third-order valence-electron chi connectivity index (χ3n) is 3.20. The van der Waals surface area contributed by atoms with Gasteiger partial charge < -0.3 is 9.32 Å². The molecule has 3 rings (SSSR count). The molecule has 1 saturated heterocycles. The number of piperidine rings is 1. The van der Waals surface area contributed by atoms with E-state index in [9.17, 15) is 0 Å². The Morgan fingerprint density at radius 2 is 2.00 bits per heavy atom. The highest BCUT2D eigenvalue weighted by Gasteiger charge is 2.16. The lowest BCUT2D eigenvalue weighted by molar-refractivity contribution is 0.549. The Labute approximate surface area is 95.1 Å². The van der Waals surface area contributed by atoms with Crippen molar-refractivity contribution in [3.05, 3.63) is 24.1 Å². The summed E-state index contributed by atoms with van der Waals surface area (Å²) in [7, 11) is 0. The Hall–Kier alpha value is -1.51. The molecule has 1 aromatic heterocycles. The van der Waals surface area contributed by atoms with Gasteiger partial charge in [0.25, 0.3) is 0 Å². The number of hydrogen-bond acceptors (Lipinski definition) is 3. The van der Waals surface area contributed by atoms with E-state index in [1.54, 1.807) is 0 Å². The summed E-state index contributed by atoms with van der Waals surface area (Å²) in [6.45, 7) is 4.18. The van der Waals surface area contributed by atoms with Crippen LogP contribution in [-0.4, -0.2) is 18.1 Å². The van der Waals surface area contributed by atoms with Crippen LogP contribution in [0, 0.1) is 6.92 Å². The smallest absolute Gasteiger partial charge is 0.192 e. The van der Waals surface area contributed by atoms with Crippen LogP contribution in [0.4, 0.5) is 5.69 Å². The summed E-state index contributed by atoms with van der Waals surface area (Å²) in [4.78, 5) is 6.79. The van der Waals surface area contributed by atoms with Crippen molar-refractivity contribution in [3.63, 3.8) is 0 Å². The number of aromatic nitrogens is 1. The van der Waals surface area contributed by atoms with Crippen LogP contribution < -0.4 is 4.90 Å². The van der Waals surface area contributed by atoms with Crippen molar-refractivity contribution >= 4 is 16.8 Å². The molecule has 1 aromatic carbocycles. The highest BCUT2D eigenvalue weighted by Crippen LogP contribution is 2.29. The second kappa shape index (κ2) is 3.81. The monoisotopic (exact) mass is 216 g/mol. The molecule has 84 valence electrons. The average molecular weight is 216 g/mol. The Balaban J connectivity index is 2.07. The van der Waals surface area contributed by atoms with Crippen molar-refractivity contribution in [2.45, 2.75) is 26.2 Å². The van der Waals surface area contributed by atoms with Crippen LogP contribution in [0.3, 0.4) is 0 Å². The fraction of sp³-hybridized carbons (Fsp3) is 0.462. The van der Waals surface area contributed by atoms with Crippen LogP contribution >= 0.6 is 0 Å². The van der Waals surface area contributed by atoms with E-state index in [4.69, 9.17) is 4.42 Å². The number of anilines is 1. The molecule has 0 saturated carbocycles. The third kappa shape index (κ3) is 1.56. The Bertz CT molecular complexity index is 498. The zero-order valence-electron chi connectivity index (χ0n) is 9.57. The molecule has 3 nitrogen and oxygen atoms in total. The lowest BCUT2D eigenvalue weighted by Crippen LogP contribution is -2.29. The van der Waals surface area contributed by atoms with Crippen molar-refractivity contribution in [3.8, 4) is 0 Å². The van der Waals surface area contributed by atoms with Crippen LogP contribution in [0.5, 0.6) is 0 Å². The van der Waals surface area contributed by atoms with Gasteiger partial charge in [-0.05, 0) is 31.4 Å². The molecule has 2 aromatic rings. The molecule has 1 aliphatic heterocycles. The molecule has 0 radical (unpaired) electrons. The van der Waals surface area contributed by atoms with Gasteiger partial charge in [-0.2, -0.15) is 0 Å². The van der Waals surface area contributed by atoms with Gasteiger partial charge >= 0.3 is 0 Å². The summed E-state index contributed by atoms with van der Waals surface area (Å²) in [5, 5.41) is 0. The molecular formula is C13H16N2O. The van der Waals surface area contributed by atoms with Gasteiger partial charge in [-0.15, -0.1) is 0 Å². The van der Waals surface area contributed by atoms with Crippen molar-refractivity contribution in [2.24, 2.45) is 0 Å². The summed E-state index contributed by atoms with van der Waals surface area (Å²) >= 11 is 0. The summed E-state index contributed by atoms with van der Waals surface area (Å²) in [6.07, 6.45) is 3.91. The van der Waals surface area contributed by atoms with Gasteiger partial charge in [-0.3, -0.25) is 0 Å². The van der Waals surface area contributed by atoms with E-state index in [1.165, 1.54) is 24.9 Å². The maximum Gasteiger partial charge on any atom is 0.192 e. The van der Waals surface area contributed by atoms with E-state index in [0.29, 0.717) is 0 Å². The lowest BCUT2D eigenvalue weighted by atomic mass is 10.1. The van der Waals surface area contributed by atoms with Crippen LogP contribution in [0.25, 0.3) is 11.1 Å². The van der Waals surface area contributed by atoms with E-state index in [0.717, 1.165) is 30.1 Å². The highest BCUT2D eigenvalue weighted by molar-refractivity contribution is 5.86. The quantitative estimate of drug-likeness (QED) is 0.733. The SMILES string of the molecule is Cc1nc2cccc(N3CCCCC3)c2o1. The van der Waals surface area contributed by atoms with E-state index >= 15 is 0 Å². The topological polar surface area (TPSA) is 29.3 Å². The van der Waals surface area contributed by atoms with Crippen LogP contribution in [0.1, 0.15) is 25.2 Å². The predicted octanol–water partition coefficient (Wildman–Crippen LogP) is 3.13. The number of para-hydroxylation sites is 1.